The third kappa shape index (κ3) is 2.92. The predicted octanol–water partition coefficient (Wildman–Crippen LogP) is 3.44. The zero-order valence-electron chi connectivity index (χ0n) is 9.77. The molecule has 0 aliphatic rings. The van der Waals surface area contributed by atoms with Gasteiger partial charge in [0.2, 0.25) is 0 Å². The molecule has 1 heterocycles. The number of anilines is 1. The largest absolute Gasteiger partial charge is 0.465 e. The number of carbonyl (C=O) groups excluding carboxylic acids is 1. The Morgan fingerprint density at radius 1 is 1.33 bits per heavy atom. The highest BCUT2D eigenvalue weighted by atomic mass is 79.9. The lowest BCUT2D eigenvalue weighted by Crippen LogP contribution is -2.07. The van der Waals surface area contributed by atoms with Crippen molar-refractivity contribution in [1.82, 2.24) is 0 Å². The second-order valence-corrected chi connectivity index (χ2v) is 4.38. The van der Waals surface area contributed by atoms with E-state index in [0.29, 0.717) is 16.8 Å². The van der Waals surface area contributed by atoms with Crippen LogP contribution in [0.5, 0.6) is 0 Å². The van der Waals surface area contributed by atoms with Gasteiger partial charge in [0.15, 0.2) is 4.67 Å². The first-order valence-corrected chi connectivity index (χ1v) is 6.15. The van der Waals surface area contributed by atoms with E-state index in [2.05, 4.69) is 21.2 Å². The molecule has 1 aromatic heterocycles. The SMILES string of the molecule is COC(=O)c1ccccc1NCc1ccc(Br)o1. The van der Waals surface area contributed by atoms with E-state index in [1.54, 1.807) is 12.1 Å². The molecule has 2 aromatic rings. The molecular formula is C13H12BrNO3. The number of methoxy groups -OCH3 is 1. The second-order valence-electron chi connectivity index (χ2n) is 3.60. The molecule has 0 aliphatic carbocycles. The number of esters is 1. The number of benzene rings is 1. The summed E-state index contributed by atoms with van der Waals surface area (Å²) < 4.78 is 10.8. The lowest BCUT2D eigenvalue weighted by atomic mass is 10.2. The number of furan rings is 1. The van der Waals surface area contributed by atoms with Gasteiger partial charge in [-0.1, -0.05) is 12.1 Å². The normalized spacial score (nSPS) is 10.1. The first-order valence-electron chi connectivity index (χ1n) is 5.36. The number of para-hydroxylation sites is 1. The smallest absolute Gasteiger partial charge is 0.339 e. The topological polar surface area (TPSA) is 51.5 Å². The molecule has 0 fully saturated rings. The summed E-state index contributed by atoms with van der Waals surface area (Å²) in [7, 11) is 1.36. The Bertz CT molecular complexity index is 551. The van der Waals surface area contributed by atoms with Crippen LogP contribution in [0.4, 0.5) is 5.69 Å². The summed E-state index contributed by atoms with van der Waals surface area (Å²) >= 11 is 3.24. The van der Waals surface area contributed by atoms with E-state index < -0.39 is 0 Å². The number of rotatable bonds is 4. The Morgan fingerprint density at radius 3 is 2.78 bits per heavy atom. The van der Waals surface area contributed by atoms with E-state index in [-0.39, 0.29) is 5.97 Å². The van der Waals surface area contributed by atoms with Crippen molar-refractivity contribution in [2.24, 2.45) is 0 Å². The molecule has 0 atom stereocenters. The summed E-state index contributed by atoms with van der Waals surface area (Å²) in [5.41, 5.74) is 1.22. The number of ether oxygens (including phenoxy) is 1. The van der Waals surface area contributed by atoms with Crippen LogP contribution in [-0.2, 0) is 11.3 Å². The van der Waals surface area contributed by atoms with Gasteiger partial charge in [-0.2, -0.15) is 0 Å². The van der Waals surface area contributed by atoms with Crippen LogP contribution in [0.25, 0.3) is 0 Å². The van der Waals surface area contributed by atoms with Crippen molar-refractivity contribution in [3.63, 3.8) is 0 Å². The third-order valence-corrected chi connectivity index (χ3v) is 2.84. The summed E-state index contributed by atoms with van der Waals surface area (Å²) in [4.78, 5) is 11.6. The van der Waals surface area contributed by atoms with Crippen LogP contribution in [0.3, 0.4) is 0 Å². The summed E-state index contributed by atoms with van der Waals surface area (Å²) in [6.45, 7) is 0.500. The minimum atomic E-state index is -0.362. The minimum Gasteiger partial charge on any atom is -0.465 e. The molecule has 0 radical (unpaired) electrons. The Labute approximate surface area is 113 Å². The monoisotopic (exact) mass is 309 g/mol. The molecule has 0 saturated carbocycles. The van der Waals surface area contributed by atoms with Crippen molar-refractivity contribution >= 4 is 27.6 Å². The van der Waals surface area contributed by atoms with Crippen molar-refractivity contribution in [1.29, 1.82) is 0 Å². The molecule has 5 heteroatoms. The maximum absolute atomic E-state index is 11.6. The van der Waals surface area contributed by atoms with Gasteiger partial charge >= 0.3 is 5.97 Å². The van der Waals surface area contributed by atoms with Crippen molar-refractivity contribution in [3.8, 4) is 0 Å². The van der Waals surface area contributed by atoms with Crippen molar-refractivity contribution in [2.45, 2.75) is 6.54 Å². The highest BCUT2D eigenvalue weighted by Gasteiger charge is 2.10. The van der Waals surface area contributed by atoms with Gasteiger partial charge in [-0.25, -0.2) is 4.79 Å². The zero-order valence-corrected chi connectivity index (χ0v) is 11.4. The molecule has 94 valence electrons. The standard InChI is InChI=1S/C13H12BrNO3/c1-17-13(16)10-4-2-3-5-11(10)15-8-9-6-7-12(14)18-9/h2-7,15H,8H2,1H3. The van der Waals surface area contributed by atoms with Gasteiger partial charge in [-0.3, -0.25) is 0 Å². The van der Waals surface area contributed by atoms with E-state index in [0.717, 1.165) is 11.4 Å². The average Bonchev–Trinajstić information content (AvgIpc) is 2.81. The number of hydrogen-bond donors (Lipinski definition) is 1. The molecule has 0 unspecified atom stereocenters. The van der Waals surface area contributed by atoms with Gasteiger partial charge in [0.25, 0.3) is 0 Å². The molecule has 1 N–H and O–H groups in total. The number of hydrogen-bond acceptors (Lipinski definition) is 4. The van der Waals surface area contributed by atoms with Crippen molar-refractivity contribution < 1.29 is 13.9 Å². The third-order valence-electron chi connectivity index (χ3n) is 2.41. The number of halogens is 1. The minimum absolute atomic E-state index is 0.362. The highest BCUT2D eigenvalue weighted by molar-refractivity contribution is 9.10. The van der Waals surface area contributed by atoms with Crippen LogP contribution in [-0.4, -0.2) is 13.1 Å². The predicted molar refractivity (Wildman–Crippen MR) is 71.5 cm³/mol. The van der Waals surface area contributed by atoms with Gasteiger partial charge in [0.1, 0.15) is 5.76 Å². The molecular weight excluding hydrogens is 298 g/mol. The van der Waals surface area contributed by atoms with Crippen molar-refractivity contribution in [2.75, 3.05) is 12.4 Å². The van der Waals surface area contributed by atoms with Crippen LogP contribution in [0.1, 0.15) is 16.1 Å². The maximum atomic E-state index is 11.6. The van der Waals surface area contributed by atoms with Gasteiger partial charge in [-0.15, -0.1) is 0 Å². The van der Waals surface area contributed by atoms with E-state index in [1.165, 1.54) is 7.11 Å². The maximum Gasteiger partial charge on any atom is 0.339 e. The Morgan fingerprint density at radius 2 is 2.11 bits per heavy atom. The first kappa shape index (κ1) is 12.7. The summed E-state index contributed by atoms with van der Waals surface area (Å²) in [6, 6.07) is 10.9. The summed E-state index contributed by atoms with van der Waals surface area (Å²) in [5.74, 6) is 0.417. The van der Waals surface area contributed by atoms with Gasteiger partial charge < -0.3 is 14.5 Å². The Kier molecular flexibility index (Phi) is 4.04. The second kappa shape index (κ2) is 5.73. The van der Waals surface area contributed by atoms with E-state index in [9.17, 15) is 4.79 Å². The van der Waals surface area contributed by atoms with Crippen molar-refractivity contribution in [3.05, 3.63) is 52.4 Å². The molecule has 0 saturated heterocycles. The lowest BCUT2D eigenvalue weighted by molar-refractivity contribution is 0.0602. The molecule has 1 aromatic carbocycles. The molecule has 4 nitrogen and oxygen atoms in total. The number of nitrogens with one attached hydrogen (secondary N) is 1. The van der Waals surface area contributed by atoms with Crippen LogP contribution in [0, 0.1) is 0 Å². The zero-order chi connectivity index (χ0) is 13.0. The summed E-state index contributed by atoms with van der Waals surface area (Å²) in [5, 5.41) is 3.14. The van der Waals surface area contributed by atoms with Gasteiger partial charge in [0, 0.05) is 5.69 Å². The Hall–Kier alpha value is -1.75. The summed E-state index contributed by atoms with van der Waals surface area (Å²) in [6.07, 6.45) is 0. The lowest BCUT2D eigenvalue weighted by Gasteiger charge is -2.09. The Balaban J connectivity index is 2.11. The molecule has 0 amide bonds. The average molecular weight is 310 g/mol. The molecule has 18 heavy (non-hydrogen) atoms. The van der Waals surface area contributed by atoms with E-state index >= 15 is 0 Å². The fourth-order valence-corrected chi connectivity index (χ4v) is 1.89. The van der Waals surface area contributed by atoms with Crippen LogP contribution in [0.2, 0.25) is 0 Å². The molecule has 2 rings (SSSR count). The van der Waals surface area contributed by atoms with Crippen LogP contribution >= 0.6 is 15.9 Å². The van der Waals surface area contributed by atoms with Crippen LogP contribution < -0.4 is 5.32 Å². The number of carbonyl (C=O) groups is 1. The van der Waals surface area contributed by atoms with Gasteiger partial charge in [0.05, 0.1) is 19.2 Å². The quantitative estimate of drug-likeness (QED) is 0.879. The van der Waals surface area contributed by atoms with E-state index in [1.807, 2.05) is 24.3 Å². The molecule has 0 spiro atoms. The van der Waals surface area contributed by atoms with Gasteiger partial charge in [-0.05, 0) is 40.2 Å². The van der Waals surface area contributed by atoms with E-state index in [4.69, 9.17) is 9.15 Å². The fraction of sp³-hybridized carbons (Fsp3) is 0.154. The first-order chi connectivity index (χ1) is 8.70. The highest BCUT2D eigenvalue weighted by Crippen LogP contribution is 2.19. The molecule has 0 aliphatic heterocycles. The van der Waals surface area contributed by atoms with Crippen LogP contribution in [0.15, 0.2) is 45.5 Å². The molecule has 0 bridgehead atoms. The fourth-order valence-electron chi connectivity index (χ4n) is 1.55.